The quantitative estimate of drug-likeness (QED) is 0.462. The number of nitrogens with zero attached hydrogens (tertiary/aromatic N) is 2. The standard InChI is InChI=1S/C20H23N3O4/c1-27-19(26)10-9-17(25)20-15(7-4-8-16(20)24)21-12-11-18-22-13-5-2-3-6-14(13)23-18/h2-3,5-6,25H,4,7-12H2,1H3,(H,22,23)/b20-17-,21-15?. The first-order chi connectivity index (χ1) is 13.1. The summed E-state index contributed by atoms with van der Waals surface area (Å²) in [4.78, 5) is 35.9. The fourth-order valence-corrected chi connectivity index (χ4v) is 3.18. The molecule has 1 fully saturated rings. The minimum atomic E-state index is -0.422. The fourth-order valence-electron chi connectivity index (χ4n) is 3.18. The molecule has 0 unspecified atom stereocenters. The average Bonchev–Trinajstić information content (AvgIpc) is 3.08. The minimum absolute atomic E-state index is 0.0331. The highest BCUT2D eigenvalue weighted by molar-refractivity contribution is 6.24. The third-order valence-electron chi connectivity index (χ3n) is 4.56. The SMILES string of the molecule is COC(=O)CC/C(O)=C1/C(=O)CCCC1=NCCc1nc2ccccc2[nH]1. The van der Waals surface area contributed by atoms with E-state index in [0.29, 0.717) is 31.5 Å². The largest absolute Gasteiger partial charge is 0.511 e. The zero-order chi connectivity index (χ0) is 19.2. The Kier molecular flexibility index (Phi) is 6.01. The molecule has 2 aromatic rings. The van der Waals surface area contributed by atoms with Crippen LogP contribution in [0.5, 0.6) is 0 Å². The van der Waals surface area contributed by atoms with Crippen LogP contribution in [0.3, 0.4) is 0 Å². The maximum atomic E-state index is 12.3. The van der Waals surface area contributed by atoms with Crippen molar-refractivity contribution in [2.24, 2.45) is 4.99 Å². The molecule has 0 spiro atoms. The lowest BCUT2D eigenvalue weighted by Crippen LogP contribution is -2.22. The Balaban J connectivity index is 1.71. The van der Waals surface area contributed by atoms with Crippen LogP contribution >= 0.6 is 0 Å². The van der Waals surface area contributed by atoms with Gasteiger partial charge in [-0.05, 0) is 25.0 Å². The van der Waals surface area contributed by atoms with Gasteiger partial charge in [0.1, 0.15) is 11.6 Å². The van der Waals surface area contributed by atoms with Crippen LogP contribution in [0.2, 0.25) is 0 Å². The summed E-state index contributed by atoms with van der Waals surface area (Å²) in [6, 6.07) is 7.81. The highest BCUT2D eigenvalue weighted by Gasteiger charge is 2.25. The minimum Gasteiger partial charge on any atom is -0.511 e. The molecular formula is C20H23N3O4. The van der Waals surface area contributed by atoms with E-state index in [1.165, 1.54) is 7.11 Å². The highest BCUT2D eigenvalue weighted by Crippen LogP contribution is 2.23. The van der Waals surface area contributed by atoms with Crippen molar-refractivity contribution in [2.45, 2.75) is 38.5 Å². The number of allylic oxidation sites excluding steroid dienone is 2. The number of ether oxygens (including phenoxy) is 1. The molecule has 1 saturated carbocycles. The summed E-state index contributed by atoms with van der Waals surface area (Å²) in [6.07, 6.45) is 2.48. The number of esters is 1. The van der Waals surface area contributed by atoms with Crippen LogP contribution in [-0.4, -0.2) is 46.2 Å². The molecule has 27 heavy (non-hydrogen) atoms. The lowest BCUT2D eigenvalue weighted by Gasteiger charge is -2.17. The first kappa shape index (κ1) is 18.8. The second-order valence-electron chi connectivity index (χ2n) is 6.45. The number of ketones is 1. The van der Waals surface area contributed by atoms with E-state index >= 15 is 0 Å². The van der Waals surface area contributed by atoms with E-state index in [2.05, 4.69) is 19.7 Å². The van der Waals surface area contributed by atoms with E-state index in [0.717, 1.165) is 23.3 Å². The summed E-state index contributed by atoms with van der Waals surface area (Å²) in [5.74, 6) is 0.218. The van der Waals surface area contributed by atoms with Gasteiger partial charge >= 0.3 is 5.97 Å². The number of nitrogens with one attached hydrogen (secondary N) is 1. The van der Waals surface area contributed by atoms with Crippen molar-refractivity contribution in [3.63, 3.8) is 0 Å². The molecule has 7 nitrogen and oxygen atoms in total. The van der Waals surface area contributed by atoms with Crippen LogP contribution in [0, 0.1) is 0 Å². The van der Waals surface area contributed by atoms with E-state index in [1.807, 2.05) is 24.3 Å². The molecule has 1 aromatic carbocycles. The molecule has 0 saturated heterocycles. The normalized spacial score (nSPS) is 18.1. The Morgan fingerprint density at radius 3 is 2.89 bits per heavy atom. The predicted octanol–water partition coefficient (Wildman–Crippen LogP) is 3.06. The summed E-state index contributed by atoms with van der Waals surface area (Å²) in [7, 11) is 1.29. The van der Waals surface area contributed by atoms with Gasteiger partial charge in [-0.3, -0.25) is 14.6 Å². The molecular weight excluding hydrogens is 346 g/mol. The number of rotatable bonds is 6. The number of aliphatic hydroxyl groups excluding tert-OH is 1. The van der Waals surface area contributed by atoms with Gasteiger partial charge in [0.2, 0.25) is 0 Å². The number of Topliss-reactive ketones (excluding diaryl/α,β-unsaturated/α-hetero) is 1. The number of benzene rings is 1. The third-order valence-corrected chi connectivity index (χ3v) is 4.56. The number of carbonyl (C=O) groups excluding carboxylic acids is 2. The van der Waals surface area contributed by atoms with Crippen LogP contribution in [0.25, 0.3) is 11.0 Å². The van der Waals surface area contributed by atoms with Gasteiger partial charge in [0.05, 0.1) is 30.1 Å². The van der Waals surface area contributed by atoms with Crippen molar-refractivity contribution in [1.82, 2.24) is 9.97 Å². The van der Waals surface area contributed by atoms with Crippen molar-refractivity contribution < 1.29 is 19.4 Å². The summed E-state index contributed by atoms with van der Waals surface area (Å²) in [5, 5.41) is 10.3. The number of hydrogen-bond acceptors (Lipinski definition) is 6. The maximum Gasteiger partial charge on any atom is 0.305 e. The van der Waals surface area contributed by atoms with E-state index in [9.17, 15) is 14.7 Å². The zero-order valence-electron chi connectivity index (χ0n) is 15.3. The monoisotopic (exact) mass is 369 g/mol. The molecule has 0 aliphatic heterocycles. The zero-order valence-corrected chi connectivity index (χ0v) is 15.3. The lowest BCUT2D eigenvalue weighted by molar-refractivity contribution is -0.140. The van der Waals surface area contributed by atoms with Gasteiger partial charge in [-0.2, -0.15) is 0 Å². The van der Waals surface area contributed by atoms with Gasteiger partial charge in [0.25, 0.3) is 0 Å². The molecule has 0 radical (unpaired) electrons. The van der Waals surface area contributed by atoms with Crippen molar-refractivity contribution in [1.29, 1.82) is 0 Å². The molecule has 142 valence electrons. The number of para-hydroxylation sites is 2. The van der Waals surface area contributed by atoms with E-state index in [4.69, 9.17) is 0 Å². The molecule has 1 aliphatic carbocycles. The van der Waals surface area contributed by atoms with E-state index < -0.39 is 5.97 Å². The summed E-state index contributed by atoms with van der Waals surface area (Å²) in [5.41, 5.74) is 2.78. The molecule has 1 aliphatic rings. The number of imidazole rings is 1. The van der Waals surface area contributed by atoms with Crippen LogP contribution in [0.15, 0.2) is 40.6 Å². The number of hydrogen-bond donors (Lipinski definition) is 2. The maximum absolute atomic E-state index is 12.3. The van der Waals surface area contributed by atoms with Gasteiger partial charge in [-0.15, -0.1) is 0 Å². The van der Waals surface area contributed by atoms with Crippen molar-refractivity contribution in [3.05, 3.63) is 41.4 Å². The van der Waals surface area contributed by atoms with E-state index in [1.54, 1.807) is 0 Å². The average molecular weight is 369 g/mol. The molecule has 3 rings (SSSR count). The number of methoxy groups -OCH3 is 1. The Hall–Kier alpha value is -2.96. The topological polar surface area (TPSA) is 105 Å². The first-order valence-corrected chi connectivity index (χ1v) is 9.08. The van der Waals surface area contributed by atoms with Gasteiger partial charge in [-0.1, -0.05) is 12.1 Å². The van der Waals surface area contributed by atoms with Gasteiger partial charge < -0.3 is 14.8 Å². The van der Waals surface area contributed by atoms with Crippen LogP contribution in [0.1, 0.15) is 37.9 Å². The Morgan fingerprint density at radius 2 is 2.11 bits per heavy atom. The number of carbonyl (C=O) groups is 2. The van der Waals surface area contributed by atoms with Crippen molar-refractivity contribution in [3.8, 4) is 0 Å². The molecule has 0 bridgehead atoms. The molecule has 1 aromatic heterocycles. The summed E-state index contributed by atoms with van der Waals surface area (Å²) in [6.45, 7) is 0.468. The Morgan fingerprint density at radius 1 is 1.30 bits per heavy atom. The number of fused-ring (bicyclic) bond motifs is 1. The Labute approximate surface area is 157 Å². The van der Waals surface area contributed by atoms with Crippen LogP contribution in [-0.2, 0) is 20.7 Å². The number of H-pyrrole nitrogens is 1. The Bertz CT molecular complexity index is 878. The van der Waals surface area contributed by atoms with Gasteiger partial charge in [-0.25, -0.2) is 4.98 Å². The number of aliphatic hydroxyl groups is 1. The smallest absolute Gasteiger partial charge is 0.305 e. The third kappa shape index (κ3) is 4.61. The second-order valence-corrected chi connectivity index (χ2v) is 6.45. The summed E-state index contributed by atoms with van der Waals surface area (Å²) >= 11 is 0. The highest BCUT2D eigenvalue weighted by atomic mass is 16.5. The van der Waals surface area contributed by atoms with Crippen LogP contribution < -0.4 is 0 Å². The summed E-state index contributed by atoms with van der Waals surface area (Å²) < 4.78 is 4.58. The molecule has 2 N–H and O–H groups in total. The molecule has 1 heterocycles. The molecule has 7 heteroatoms. The lowest BCUT2D eigenvalue weighted by atomic mass is 9.89. The predicted molar refractivity (Wildman–Crippen MR) is 102 cm³/mol. The molecule has 0 amide bonds. The second kappa shape index (κ2) is 8.62. The van der Waals surface area contributed by atoms with E-state index in [-0.39, 0.29) is 30.0 Å². The van der Waals surface area contributed by atoms with Crippen molar-refractivity contribution in [2.75, 3.05) is 13.7 Å². The first-order valence-electron chi connectivity index (χ1n) is 9.08. The number of aliphatic imine (C=N–C) groups is 1. The fraction of sp³-hybridized carbons (Fsp3) is 0.400. The van der Waals surface area contributed by atoms with Crippen LogP contribution in [0.4, 0.5) is 0 Å². The van der Waals surface area contributed by atoms with Gasteiger partial charge in [0, 0.05) is 31.5 Å². The number of aromatic nitrogens is 2. The number of aromatic amines is 1. The van der Waals surface area contributed by atoms with Crippen molar-refractivity contribution >= 4 is 28.5 Å². The van der Waals surface area contributed by atoms with Gasteiger partial charge in [0.15, 0.2) is 5.78 Å². The molecule has 0 atom stereocenters.